The molecular formula is C19H18N2O4. The molecule has 0 spiro atoms. The number of fused-ring (bicyclic) bond motifs is 1. The van der Waals surface area contributed by atoms with Crippen molar-refractivity contribution in [3.8, 4) is 0 Å². The van der Waals surface area contributed by atoms with Gasteiger partial charge in [-0.05, 0) is 24.3 Å². The van der Waals surface area contributed by atoms with Crippen molar-refractivity contribution in [1.29, 1.82) is 0 Å². The largest absolute Gasteiger partial charge is 0.458 e. The molecule has 0 aliphatic rings. The first kappa shape index (κ1) is 16.7. The second-order valence-corrected chi connectivity index (χ2v) is 5.44. The van der Waals surface area contributed by atoms with Gasteiger partial charge in [0.15, 0.2) is 0 Å². The molecule has 0 fully saturated rings. The van der Waals surface area contributed by atoms with Crippen LogP contribution in [-0.4, -0.2) is 25.5 Å². The highest BCUT2D eigenvalue weighted by Crippen LogP contribution is 2.25. The molecule has 0 aliphatic carbocycles. The average Bonchev–Trinajstić information content (AvgIpc) is 3.06. The molecule has 25 heavy (non-hydrogen) atoms. The predicted octanol–water partition coefficient (Wildman–Crippen LogP) is 2.88. The normalized spacial score (nSPS) is 11.9. The number of nitrogens with one attached hydrogen (secondary N) is 2. The SMILES string of the molecule is COC(CNC(=O)C(=O)Nc1ccccc1)c1cc2ccccc2o1. The van der Waals surface area contributed by atoms with E-state index >= 15 is 0 Å². The van der Waals surface area contributed by atoms with E-state index in [-0.39, 0.29) is 6.54 Å². The number of anilines is 1. The van der Waals surface area contributed by atoms with Crippen LogP contribution in [-0.2, 0) is 14.3 Å². The summed E-state index contributed by atoms with van der Waals surface area (Å²) >= 11 is 0. The molecule has 0 aliphatic heterocycles. The highest BCUT2D eigenvalue weighted by Gasteiger charge is 2.19. The van der Waals surface area contributed by atoms with Crippen molar-refractivity contribution in [1.82, 2.24) is 5.32 Å². The fourth-order valence-electron chi connectivity index (χ4n) is 2.44. The van der Waals surface area contributed by atoms with Gasteiger partial charge in [-0.2, -0.15) is 0 Å². The third-order valence-corrected chi connectivity index (χ3v) is 3.73. The van der Waals surface area contributed by atoms with Gasteiger partial charge in [0.25, 0.3) is 0 Å². The van der Waals surface area contributed by atoms with E-state index in [9.17, 15) is 9.59 Å². The Morgan fingerprint density at radius 1 is 1.04 bits per heavy atom. The third kappa shape index (κ3) is 4.05. The maximum Gasteiger partial charge on any atom is 0.313 e. The molecule has 0 saturated carbocycles. The monoisotopic (exact) mass is 338 g/mol. The van der Waals surface area contributed by atoms with Gasteiger partial charge in [0, 0.05) is 18.2 Å². The van der Waals surface area contributed by atoms with Gasteiger partial charge in [0.2, 0.25) is 0 Å². The van der Waals surface area contributed by atoms with Crippen molar-refractivity contribution >= 4 is 28.5 Å². The Morgan fingerprint density at radius 2 is 1.76 bits per heavy atom. The van der Waals surface area contributed by atoms with E-state index in [0.29, 0.717) is 11.4 Å². The summed E-state index contributed by atoms with van der Waals surface area (Å²) in [7, 11) is 1.52. The molecule has 2 N–H and O–H groups in total. The van der Waals surface area contributed by atoms with E-state index in [1.165, 1.54) is 7.11 Å². The van der Waals surface area contributed by atoms with E-state index in [2.05, 4.69) is 10.6 Å². The number of benzene rings is 2. The number of furan rings is 1. The Balaban J connectivity index is 1.60. The molecule has 2 amide bonds. The van der Waals surface area contributed by atoms with Gasteiger partial charge in [-0.1, -0.05) is 36.4 Å². The quantitative estimate of drug-likeness (QED) is 0.701. The Labute approximate surface area is 144 Å². The molecule has 3 aromatic rings. The number of hydrogen-bond donors (Lipinski definition) is 2. The number of ether oxygens (including phenoxy) is 1. The second kappa shape index (κ2) is 7.63. The zero-order valence-electron chi connectivity index (χ0n) is 13.7. The van der Waals surface area contributed by atoms with Gasteiger partial charge in [-0.15, -0.1) is 0 Å². The number of carbonyl (C=O) groups is 2. The van der Waals surface area contributed by atoms with E-state index in [4.69, 9.17) is 9.15 Å². The smallest absolute Gasteiger partial charge is 0.313 e. The summed E-state index contributed by atoms with van der Waals surface area (Å²) in [6, 6.07) is 18.2. The van der Waals surface area contributed by atoms with E-state index in [1.54, 1.807) is 24.3 Å². The first-order valence-electron chi connectivity index (χ1n) is 7.83. The number of hydrogen-bond acceptors (Lipinski definition) is 4. The lowest BCUT2D eigenvalue weighted by atomic mass is 10.2. The maximum atomic E-state index is 12.0. The Hall–Kier alpha value is -3.12. The van der Waals surface area contributed by atoms with Crippen molar-refractivity contribution in [2.24, 2.45) is 0 Å². The molecule has 0 bridgehead atoms. The molecule has 1 heterocycles. The zero-order valence-corrected chi connectivity index (χ0v) is 13.7. The van der Waals surface area contributed by atoms with Crippen molar-refractivity contribution < 1.29 is 18.7 Å². The fourth-order valence-corrected chi connectivity index (χ4v) is 2.44. The van der Waals surface area contributed by atoms with E-state index < -0.39 is 17.9 Å². The van der Waals surface area contributed by atoms with E-state index in [1.807, 2.05) is 36.4 Å². The van der Waals surface area contributed by atoms with Gasteiger partial charge in [-0.25, -0.2) is 0 Å². The first-order chi connectivity index (χ1) is 12.2. The topological polar surface area (TPSA) is 80.6 Å². The predicted molar refractivity (Wildman–Crippen MR) is 94.0 cm³/mol. The van der Waals surface area contributed by atoms with Gasteiger partial charge in [0.1, 0.15) is 17.4 Å². The lowest BCUT2D eigenvalue weighted by Crippen LogP contribution is -2.37. The Morgan fingerprint density at radius 3 is 2.48 bits per heavy atom. The molecule has 3 rings (SSSR count). The number of para-hydroxylation sites is 2. The van der Waals surface area contributed by atoms with Crippen molar-refractivity contribution in [3.63, 3.8) is 0 Å². The van der Waals surface area contributed by atoms with Crippen LogP contribution in [0.15, 0.2) is 65.1 Å². The molecule has 1 unspecified atom stereocenters. The minimum absolute atomic E-state index is 0.122. The molecule has 0 saturated heterocycles. The fraction of sp³-hybridized carbons (Fsp3) is 0.158. The van der Waals surface area contributed by atoms with Crippen LogP contribution in [0.1, 0.15) is 11.9 Å². The van der Waals surface area contributed by atoms with Gasteiger partial charge >= 0.3 is 11.8 Å². The van der Waals surface area contributed by atoms with Crippen molar-refractivity contribution in [3.05, 3.63) is 66.4 Å². The minimum Gasteiger partial charge on any atom is -0.458 e. The van der Waals surface area contributed by atoms with Crippen molar-refractivity contribution in [2.75, 3.05) is 19.0 Å². The molecule has 2 aromatic carbocycles. The summed E-state index contributed by atoms with van der Waals surface area (Å²) in [6.45, 7) is 0.122. The van der Waals surface area contributed by atoms with Crippen LogP contribution in [0.4, 0.5) is 5.69 Å². The average molecular weight is 338 g/mol. The number of methoxy groups -OCH3 is 1. The van der Waals surface area contributed by atoms with E-state index in [0.717, 1.165) is 11.0 Å². The van der Waals surface area contributed by atoms with Crippen LogP contribution in [0.3, 0.4) is 0 Å². The standard InChI is InChI=1S/C19H18N2O4/c1-24-17(16-11-13-7-5-6-10-15(13)25-16)12-20-18(22)19(23)21-14-8-3-2-4-9-14/h2-11,17H,12H2,1H3,(H,20,22)(H,21,23). The summed E-state index contributed by atoms with van der Waals surface area (Å²) in [5.41, 5.74) is 1.30. The summed E-state index contributed by atoms with van der Waals surface area (Å²) in [4.78, 5) is 23.9. The lowest BCUT2D eigenvalue weighted by Gasteiger charge is -2.13. The molecule has 1 atom stereocenters. The van der Waals surface area contributed by atoms with Crippen LogP contribution in [0.2, 0.25) is 0 Å². The number of amides is 2. The minimum atomic E-state index is -0.734. The highest BCUT2D eigenvalue weighted by molar-refractivity contribution is 6.39. The molecule has 6 nitrogen and oxygen atoms in total. The molecule has 6 heteroatoms. The summed E-state index contributed by atoms with van der Waals surface area (Å²) in [5, 5.41) is 6.04. The maximum absolute atomic E-state index is 12.0. The summed E-state index contributed by atoms with van der Waals surface area (Å²) in [6.07, 6.45) is -0.485. The van der Waals surface area contributed by atoms with Gasteiger partial charge in [0.05, 0.1) is 6.54 Å². The lowest BCUT2D eigenvalue weighted by molar-refractivity contribution is -0.136. The first-order valence-corrected chi connectivity index (χ1v) is 7.83. The number of rotatable bonds is 5. The second-order valence-electron chi connectivity index (χ2n) is 5.44. The van der Waals surface area contributed by atoms with Crippen LogP contribution in [0.25, 0.3) is 11.0 Å². The Bertz CT molecular complexity index is 840. The van der Waals surface area contributed by atoms with Gasteiger partial charge < -0.3 is 19.8 Å². The molecule has 128 valence electrons. The Kier molecular flexibility index (Phi) is 5.11. The van der Waals surface area contributed by atoms with Crippen LogP contribution >= 0.6 is 0 Å². The van der Waals surface area contributed by atoms with Crippen LogP contribution < -0.4 is 10.6 Å². The number of carbonyl (C=O) groups excluding carboxylic acids is 2. The summed E-state index contributed by atoms with van der Waals surface area (Å²) < 4.78 is 11.1. The van der Waals surface area contributed by atoms with Crippen LogP contribution in [0, 0.1) is 0 Å². The molecule has 0 radical (unpaired) electrons. The van der Waals surface area contributed by atoms with Crippen LogP contribution in [0.5, 0.6) is 0 Å². The third-order valence-electron chi connectivity index (χ3n) is 3.73. The molecule has 1 aromatic heterocycles. The zero-order chi connectivity index (χ0) is 17.6. The molecular weight excluding hydrogens is 320 g/mol. The summed E-state index contributed by atoms with van der Waals surface area (Å²) in [5.74, 6) is -0.875. The van der Waals surface area contributed by atoms with Crippen molar-refractivity contribution in [2.45, 2.75) is 6.10 Å². The highest BCUT2D eigenvalue weighted by atomic mass is 16.5. The van der Waals surface area contributed by atoms with Gasteiger partial charge in [-0.3, -0.25) is 9.59 Å².